The topological polar surface area (TPSA) is 43.8 Å². The Hall–Kier alpha value is -0.750. The smallest absolute Gasteiger partial charge is 0.322 e. The Labute approximate surface area is 83.6 Å². The van der Waals surface area contributed by atoms with Crippen molar-refractivity contribution in [2.75, 3.05) is 0 Å². The van der Waals surface area contributed by atoms with Gasteiger partial charge in [0, 0.05) is 7.05 Å². The van der Waals surface area contributed by atoms with Crippen LogP contribution in [0.3, 0.4) is 0 Å². The summed E-state index contributed by atoms with van der Waals surface area (Å²) >= 11 is 5.64. The Morgan fingerprint density at radius 1 is 1.64 bits per heavy atom. The second-order valence-corrected chi connectivity index (χ2v) is 3.33. The van der Waals surface area contributed by atoms with E-state index in [1.54, 1.807) is 0 Å². The number of hydrogen-bond acceptors (Lipinski definition) is 2. The van der Waals surface area contributed by atoms with Crippen molar-refractivity contribution >= 4 is 11.6 Å². The van der Waals surface area contributed by atoms with Crippen LogP contribution >= 0.6 is 11.6 Å². The molecule has 1 unspecified atom stereocenters. The van der Waals surface area contributed by atoms with E-state index in [4.69, 9.17) is 17.3 Å². The number of hydrogen-bond donors (Lipinski definition) is 1. The second-order valence-electron chi connectivity index (χ2n) is 2.93. The van der Waals surface area contributed by atoms with Crippen LogP contribution in [0.2, 0.25) is 5.02 Å². The van der Waals surface area contributed by atoms with Crippen molar-refractivity contribution in [3.05, 3.63) is 16.9 Å². The molecular weight excluding hydrogens is 219 g/mol. The first kappa shape index (κ1) is 11.3. The summed E-state index contributed by atoms with van der Waals surface area (Å²) in [6.45, 7) is 0. The predicted octanol–water partition coefficient (Wildman–Crippen LogP) is 2.03. The third-order valence-electron chi connectivity index (χ3n) is 1.74. The van der Waals surface area contributed by atoms with Gasteiger partial charge in [0.25, 0.3) is 0 Å². The van der Waals surface area contributed by atoms with Crippen molar-refractivity contribution in [1.29, 1.82) is 0 Å². The summed E-state index contributed by atoms with van der Waals surface area (Å²) in [5.41, 5.74) is 5.56. The van der Waals surface area contributed by atoms with E-state index in [2.05, 4.69) is 5.10 Å². The number of nitrogens with zero attached hydrogens (tertiary/aromatic N) is 2. The fourth-order valence-electron chi connectivity index (χ4n) is 1.18. The Morgan fingerprint density at radius 3 is 2.57 bits per heavy atom. The Balaban J connectivity index is 2.84. The van der Waals surface area contributed by atoms with Gasteiger partial charge in [0.15, 0.2) is 0 Å². The van der Waals surface area contributed by atoms with Gasteiger partial charge in [-0.05, 0) is 0 Å². The largest absolute Gasteiger partial charge is 0.390 e. The predicted molar refractivity (Wildman–Crippen MR) is 45.8 cm³/mol. The number of aryl methyl sites for hydroxylation is 1. The normalized spacial score (nSPS) is 14.4. The maximum atomic E-state index is 12.0. The zero-order valence-corrected chi connectivity index (χ0v) is 8.10. The fourth-order valence-corrected chi connectivity index (χ4v) is 1.49. The van der Waals surface area contributed by atoms with Gasteiger partial charge in [0.1, 0.15) is 0 Å². The van der Waals surface area contributed by atoms with Gasteiger partial charge in [-0.3, -0.25) is 4.68 Å². The quantitative estimate of drug-likeness (QED) is 0.840. The van der Waals surface area contributed by atoms with Gasteiger partial charge in [-0.25, -0.2) is 0 Å². The Kier molecular flexibility index (Phi) is 3.06. The van der Waals surface area contributed by atoms with Crippen LogP contribution in [0.4, 0.5) is 13.2 Å². The summed E-state index contributed by atoms with van der Waals surface area (Å²) in [6, 6.07) is -1.17. The molecular formula is C7H9ClF3N3. The zero-order chi connectivity index (χ0) is 10.9. The lowest BCUT2D eigenvalue weighted by molar-refractivity contribution is -0.138. The van der Waals surface area contributed by atoms with E-state index in [-0.39, 0.29) is 10.7 Å². The summed E-state index contributed by atoms with van der Waals surface area (Å²) in [5.74, 6) is 0. The van der Waals surface area contributed by atoms with Crippen LogP contribution < -0.4 is 5.73 Å². The molecule has 7 heteroatoms. The number of aromatic nitrogens is 2. The van der Waals surface area contributed by atoms with E-state index in [9.17, 15) is 13.2 Å². The molecule has 0 radical (unpaired) electrons. The fraction of sp³-hybridized carbons (Fsp3) is 0.571. The molecule has 0 aliphatic rings. The summed E-state index contributed by atoms with van der Waals surface area (Å²) in [4.78, 5) is 0. The molecule has 1 atom stereocenters. The van der Waals surface area contributed by atoms with Gasteiger partial charge in [-0.15, -0.1) is 0 Å². The van der Waals surface area contributed by atoms with Gasteiger partial charge in [-0.1, -0.05) is 11.6 Å². The third-order valence-corrected chi connectivity index (χ3v) is 2.03. The van der Waals surface area contributed by atoms with E-state index in [0.717, 1.165) is 0 Å². The van der Waals surface area contributed by atoms with Crippen molar-refractivity contribution in [3.63, 3.8) is 0 Å². The number of nitrogens with two attached hydrogens (primary N) is 1. The molecule has 0 saturated carbocycles. The van der Waals surface area contributed by atoms with Crippen LogP contribution in [0.1, 0.15) is 18.2 Å². The van der Waals surface area contributed by atoms with Crippen LogP contribution in [-0.4, -0.2) is 16.0 Å². The maximum absolute atomic E-state index is 12.0. The van der Waals surface area contributed by atoms with Crippen LogP contribution in [0.25, 0.3) is 0 Å². The molecule has 0 aromatic carbocycles. The first-order valence-electron chi connectivity index (χ1n) is 3.81. The van der Waals surface area contributed by atoms with Crippen molar-refractivity contribution < 1.29 is 13.2 Å². The Morgan fingerprint density at radius 2 is 2.21 bits per heavy atom. The molecule has 2 N–H and O–H groups in total. The second kappa shape index (κ2) is 3.78. The molecule has 0 aliphatic heterocycles. The molecule has 0 bridgehead atoms. The first-order chi connectivity index (χ1) is 6.31. The van der Waals surface area contributed by atoms with Crippen molar-refractivity contribution in [3.8, 4) is 0 Å². The maximum Gasteiger partial charge on any atom is 0.390 e. The lowest BCUT2D eigenvalue weighted by Crippen LogP contribution is -2.22. The third kappa shape index (κ3) is 2.62. The van der Waals surface area contributed by atoms with Gasteiger partial charge < -0.3 is 5.73 Å². The van der Waals surface area contributed by atoms with Crippen LogP contribution in [0, 0.1) is 0 Å². The lowest BCUT2D eigenvalue weighted by Gasteiger charge is -2.14. The highest BCUT2D eigenvalue weighted by molar-refractivity contribution is 6.31. The van der Waals surface area contributed by atoms with E-state index >= 15 is 0 Å². The summed E-state index contributed by atoms with van der Waals surface area (Å²) in [5, 5.41) is 3.86. The van der Waals surface area contributed by atoms with E-state index < -0.39 is 18.6 Å². The first-order valence-corrected chi connectivity index (χ1v) is 4.19. The molecule has 0 saturated heterocycles. The molecule has 80 valence electrons. The molecule has 1 rings (SSSR count). The molecule has 14 heavy (non-hydrogen) atoms. The van der Waals surface area contributed by atoms with Gasteiger partial charge >= 0.3 is 6.18 Å². The Bertz CT molecular complexity index is 301. The summed E-state index contributed by atoms with van der Waals surface area (Å²) in [7, 11) is 1.50. The lowest BCUT2D eigenvalue weighted by atomic mass is 10.1. The average molecular weight is 228 g/mol. The van der Waals surface area contributed by atoms with Crippen molar-refractivity contribution in [1.82, 2.24) is 9.78 Å². The van der Waals surface area contributed by atoms with E-state index in [1.807, 2.05) is 0 Å². The summed E-state index contributed by atoms with van der Waals surface area (Å²) in [6.07, 6.45) is -4.13. The highest BCUT2D eigenvalue weighted by atomic mass is 35.5. The minimum absolute atomic E-state index is 0.157. The zero-order valence-electron chi connectivity index (χ0n) is 7.35. The number of alkyl halides is 3. The van der Waals surface area contributed by atoms with Gasteiger partial charge in [0.05, 0.1) is 29.4 Å². The van der Waals surface area contributed by atoms with Crippen molar-refractivity contribution in [2.45, 2.75) is 18.6 Å². The van der Waals surface area contributed by atoms with E-state index in [0.29, 0.717) is 0 Å². The molecule has 0 aliphatic carbocycles. The van der Waals surface area contributed by atoms with E-state index in [1.165, 1.54) is 17.9 Å². The molecule has 1 aromatic heterocycles. The molecule has 0 fully saturated rings. The molecule has 0 spiro atoms. The van der Waals surface area contributed by atoms with Crippen molar-refractivity contribution in [2.24, 2.45) is 12.8 Å². The monoisotopic (exact) mass is 227 g/mol. The molecule has 1 heterocycles. The summed E-state index contributed by atoms with van der Waals surface area (Å²) < 4.78 is 37.3. The van der Waals surface area contributed by atoms with Crippen LogP contribution in [0.5, 0.6) is 0 Å². The standard InChI is InChI=1S/C7H9ClF3N3/c1-14-6(4(8)3-13-14)5(12)2-7(9,10)11/h3,5H,2,12H2,1H3. The minimum atomic E-state index is -4.30. The minimum Gasteiger partial charge on any atom is -0.322 e. The number of halogens is 4. The van der Waals surface area contributed by atoms with Gasteiger partial charge in [-0.2, -0.15) is 18.3 Å². The SMILES string of the molecule is Cn1ncc(Cl)c1C(N)CC(F)(F)F. The molecule has 3 nitrogen and oxygen atoms in total. The van der Waals surface area contributed by atoms with Crippen LogP contribution in [0.15, 0.2) is 6.20 Å². The highest BCUT2D eigenvalue weighted by Crippen LogP contribution is 2.30. The average Bonchev–Trinajstić information content (AvgIpc) is 2.27. The van der Waals surface area contributed by atoms with Gasteiger partial charge in [0.2, 0.25) is 0 Å². The van der Waals surface area contributed by atoms with Crippen LogP contribution in [-0.2, 0) is 7.05 Å². The number of rotatable bonds is 2. The molecule has 1 aromatic rings. The highest BCUT2D eigenvalue weighted by Gasteiger charge is 2.32. The molecule has 0 amide bonds.